The van der Waals surface area contributed by atoms with E-state index in [4.69, 9.17) is 4.74 Å². The van der Waals surface area contributed by atoms with Crippen molar-refractivity contribution in [2.45, 2.75) is 38.1 Å². The largest absolute Gasteiger partial charge is 0.385 e. The van der Waals surface area contributed by atoms with Gasteiger partial charge in [-0.25, -0.2) is 13.1 Å². The summed E-state index contributed by atoms with van der Waals surface area (Å²) in [6.07, 6.45) is 1.61. The standard InChI is InChI=1S/C15H26N2O3S/c1-4-16-12-14-8-7-9-15(13(14)2)21(18,19)17-10-5-6-11-20-3/h7-9,16-17H,4-6,10-12H2,1-3H3. The first kappa shape index (κ1) is 18.1. The molecule has 1 aromatic rings. The molecule has 0 aliphatic rings. The highest BCUT2D eigenvalue weighted by atomic mass is 32.2. The van der Waals surface area contributed by atoms with Crippen molar-refractivity contribution in [3.05, 3.63) is 29.3 Å². The maximum absolute atomic E-state index is 12.3. The second-order valence-corrected chi connectivity index (χ2v) is 6.65. The van der Waals surface area contributed by atoms with Gasteiger partial charge >= 0.3 is 0 Å². The zero-order valence-corrected chi connectivity index (χ0v) is 13.9. The minimum Gasteiger partial charge on any atom is -0.385 e. The van der Waals surface area contributed by atoms with Crippen molar-refractivity contribution in [1.82, 2.24) is 10.0 Å². The van der Waals surface area contributed by atoms with E-state index in [0.717, 1.165) is 30.5 Å². The number of sulfonamides is 1. The molecule has 0 amide bonds. The molecule has 0 unspecified atom stereocenters. The Hall–Kier alpha value is -0.950. The second-order valence-electron chi connectivity index (χ2n) is 4.92. The third-order valence-electron chi connectivity index (χ3n) is 3.32. The molecular formula is C15H26N2O3S. The van der Waals surface area contributed by atoms with Crippen LogP contribution >= 0.6 is 0 Å². The van der Waals surface area contributed by atoms with E-state index in [0.29, 0.717) is 24.6 Å². The minimum absolute atomic E-state index is 0.365. The molecule has 0 aromatic heterocycles. The van der Waals surface area contributed by atoms with Crippen LogP contribution in [0.25, 0.3) is 0 Å². The Kier molecular flexibility index (Phi) is 7.88. The quantitative estimate of drug-likeness (QED) is 0.646. The molecule has 1 aromatic carbocycles. The van der Waals surface area contributed by atoms with Crippen molar-refractivity contribution in [1.29, 1.82) is 0 Å². The summed E-state index contributed by atoms with van der Waals surface area (Å²) in [4.78, 5) is 0.365. The summed E-state index contributed by atoms with van der Waals surface area (Å²) in [5.74, 6) is 0. The summed E-state index contributed by atoms with van der Waals surface area (Å²) in [5, 5.41) is 3.22. The number of methoxy groups -OCH3 is 1. The van der Waals surface area contributed by atoms with Gasteiger partial charge in [-0.1, -0.05) is 19.1 Å². The van der Waals surface area contributed by atoms with E-state index in [2.05, 4.69) is 10.0 Å². The van der Waals surface area contributed by atoms with Gasteiger partial charge in [0, 0.05) is 26.8 Å². The van der Waals surface area contributed by atoms with Crippen LogP contribution in [0.15, 0.2) is 23.1 Å². The van der Waals surface area contributed by atoms with E-state index in [-0.39, 0.29) is 0 Å². The van der Waals surface area contributed by atoms with Crippen molar-refractivity contribution in [2.75, 3.05) is 26.8 Å². The predicted octanol–water partition coefficient (Wildman–Crippen LogP) is 1.81. The number of ether oxygens (including phenoxy) is 1. The molecule has 0 radical (unpaired) electrons. The molecule has 0 fully saturated rings. The smallest absolute Gasteiger partial charge is 0.240 e. The lowest BCUT2D eigenvalue weighted by molar-refractivity contribution is 0.193. The lowest BCUT2D eigenvalue weighted by Gasteiger charge is -2.13. The van der Waals surface area contributed by atoms with Gasteiger partial charge in [0.05, 0.1) is 4.90 Å². The molecule has 5 nitrogen and oxygen atoms in total. The van der Waals surface area contributed by atoms with Gasteiger partial charge in [0.25, 0.3) is 0 Å². The van der Waals surface area contributed by atoms with Crippen LogP contribution in [0.4, 0.5) is 0 Å². The molecule has 2 N–H and O–H groups in total. The van der Waals surface area contributed by atoms with Gasteiger partial charge < -0.3 is 10.1 Å². The molecule has 0 saturated heterocycles. The first-order valence-electron chi connectivity index (χ1n) is 7.30. The van der Waals surface area contributed by atoms with Crippen LogP contribution in [0.2, 0.25) is 0 Å². The normalized spacial score (nSPS) is 11.8. The lowest BCUT2D eigenvalue weighted by atomic mass is 10.1. The molecule has 0 bridgehead atoms. The van der Waals surface area contributed by atoms with Crippen molar-refractivity contribution < 1.29 is 13.2 Å². The van der Waals surface area contributed by atoms with E-state index in [1.165, 1.54) is 0 Å². The summed E-state index contributed by atoms with van der Waals surface area (Å²) in [5.41, 5.74) is 1.82. The molecule has 120 valence electrons. The van der Waals surface area contributed by atoms with Gasteiger partial charge in [0.15, 0.2) is 0 Å². The van der Waals surface area contributed by atoms with Crippen LogP contribution in [-0.4, -0.2) is 35.2 Å². The van der Waals surface area contributed by atoms with Gasteiger partial charge in [-0.05, 0) is 43.5 Å². The molecule has 1 rings (SSSR count). The fraction of sp³-hybridized carbons (Fsp3) is 0.600. The Bertz CT molecular complexity index is 530. The summed E-state index contributed by atoms with van der Waals surface area (Å²) < 4.78 is 32.3. The van der Waals surface area contributed by atoms with Gasteiger partial charge in [0.2, 0.25) is 10.0 Å². The van der Waals surface area contributed by atoms with Gasteiger partial charge in [-0.15, -0.1) is 0 Å². The first-order chi connectivity index (χ1) is 10.0. The number of rotatable bonds is 10. The van der Waals surface area contributed by atoms with Crippen molar-refractivity contribution >= 4 is 10.0 Å². The zero-order chi connectivity index (χ0) is 15.7. The monoisotopic (exact) mass is 314 g/mol. The zero-order valence-electron chi connectivity index (χ0n) is 13.1. The predicted molar refractivity (Wildman–Crippen MR) is 84.9 cm³/mol. The van der Waals surface area contributed by atoms with Crippen LogP contribution < -0.4 is 10.0 Å². The lowest BCUT2D eigenvalue weighted by Crippen LogP contribution is -2.26. The molecule has 0 saturated carbocycles. The van der Waals surface area contributed by atoms with Crippen LogP contribution in [0.1, 0.15) is 30.9 Å². The SMILES string of the molecule is CCNCc1cccc(S(=O)(=O)NCCCCOC)c1C. The highest BCUT2D eigenvalue weighted by Gasteiger charge is 2.17. The Labute approximate surface area is 128 Å². The topological polar surface area (TPSA) is 67.4 Å². The van der Waals surface area contributed by atoms with Crippen molar-refractivity contribution in [2.24, 2.45) is 0 Å². The van der Waals surface area contributed by atoms with E-state index in [9.17, 15) is 8.42 Å². The summed E-state index contributed by atoms with van der Waals surface area (Å²) in [7, 11) is -1.80. The van der Waals surface area contributed by atoms with Gasteiger partial charge in [-0.2, -0.15) is 0 Å². The Morgan fingerprint density at radius 1 is 1.24 bits per heavy atom. The summed E-state index contributed by atoms with van der Waals surface area (Å²) in [6.45, 7) is 6.50. The van der Waals surface area contributed by atoms with Crippen LogP contribution in [0, 0.1) is 6.92 Å². The van der Waals surface area contributed by atoms with Gasteiger partial charge in [0.1, 0.15) is 0 Å². The van der Waals surface area contributed by atoms with Crippen LogP contribution in [0.3, 0.4) is 0 Å². The molecule has 6 heteroatoms. The van der Waals surface area contributed by atoms with Gasteiger partial charge in [-0.3, -0.25) is 0 Å². The maximum atomic E-state index is 12.3. The number of hydrogen-bond acceptors (Lipinski definition) is 4. The maximum Gasteiger partial charge on any atom is 0.240 e. The average Bonchev–Trinajstić information content (AvgIpc) is 2.45. The van der Waals surface area contributed by atoms with E-state index in [1.807, 2.05) is 19.9 Å². The number of unbranched alkanes of at least 4 members (excludes halogenated alkanes) is 1. The molecule has 0 spiro atoms. The minimum atomic E-state index is -3.44. The van der Waals surface area contributed by atoms with Crippen molar-refractivity contribution in [3.63, 3.8) is 0 Å². The molecule has 21 heavy (non-hydrogen) atoms. The number of hydrogen-bond donors (Lipinski definition) is 2. The second kappa shape index (κ2) is 9.15. The average molecular weight is 314 g/mol. The molecule has 0 heterocycles. The number of benzene rings is 1. The highest BCUT2D eigenvalue weighted by Crippen LogP contribution is 2.18. The fourth-order valence-corrected chi connectivity index (χ4v) is 3.42. The molecule has 0 aliphatic carbocycles. The third kappa shape index (κ3) is 5.74. The van der Waals surface area contributed by atoms with E-state index in [1.54, 1.807) is 19.2 Å². The highest BCUT2D eigenvalue weighted by molar-refractivity contribution is 7.89. The molecule has 0 aliphatic heterocycles. The Morgan fingerprint density at radius 3 is 2.67 bits per heavy atom. The van der Waals surface area contributed by atoms with Crippen LogP contribution in [-0.2, 0) is 21.3 Å². The molecule has 0 atom stereocenters. The summed E-state index contributed by atoms with van der Waals surface area (Å²) >= 11 is 0. The summed E-state index contributed by atoms with van der Waals surface area (Å²) in [6, 6.07) is 5.40. The molecular weight excluding hydrogens is 288 g/mol. The fourth-order valence-electron chi connectivity index (χ4n) is 2.06. The third-order valence-corrected chi connectivity index (χ3v) is 4.92. The van der Waals surface area contributed by atoms with Crippen molar-refractivity contribution in [3.8, 4) is 0 Å². The van der Waals surface area contributed by atoms with E-state index >= 15 is 0 Å². The first-order valence-corrected chi connectivity index (χ1v) is 8.79. The Balaban J connectivity index is 2.74. The Morgan fingerprint density at radius 2 is 2.00 bits per heavy atom. The van der Waals surface area contributed by atoms with Crippen LogP contribution in [0.5, 0.6) is 0 Å². The van der Waals surface area contributed by atoms with E-state index < -0.39 is 10.0 Å². The number of nitrogens with one attached hydrogen (secondary N) is 2.